The molecule has 2 amide bonds. The van der Waals surface area contributed by atoms with Crippen LogP contribution in [-0.2, 0) is 14.6 Å². The van der Waals surface area contributed by atoms with Gasteiger partial charge < -0.3 is 19.9 Å². The van der Waals surface area contributed by atoms with Gasteiger partial charge >= 0.3 is 6.09 Å². The zero-order valence-corrected chi connectivity index (χ0v) is 18.2. The molecule has 3 aliphatic heterocycles. The summed E-state index contributed by atoms with van der Waals surface area (Å²) in [6.45, 7) is 3.96. The molecule has 1 aromatic carbocycles. The summed E-state index contributed by atoms with van der Waals surface area (Å²) in [5.74, 6) is 0.220. The van der Waals surface area contributed by atoms with Crippen molar-refractivity contribution in [2.75, 3.05) is 49.6 Å². The van der Waals surface area contributed by atoms with Gasteiger partial charge in [0.15, 0.2) is 15.0 Å². The Morgan fingerprint density at radius 1 is 1.13 bits per heavy atom. The first-order chi connectivity index (χ1) is 14.3. The van der Waals surface area contributed by atoms with E-state index in [9.17, 15) is 18.0 Å². The fourth-order valence-corrected chi connectivity index (χ4v) is 7.40. The Bertz CT molecular complexity index is 956. The Balaban J connectivity index is 1.31. The number of sulfone groups is 1. The number of benzene rings is 1. The highest BCUT2D eigenvalue weighted by Gasteiger charge is 2.42. The van der Waals surface area contributed by atoms with Gasteiger partial charge in [-0.1, -0.05) is 11.8 Å². The van der Waals surface area contributed by atoms with Gasteiger partial charge in [0.2, 0.25) is 0 Å². The average molecular weight is 453 g/mol. The third-order valence-electron chi connectivity index (χ3n) is 5.29. The van der Waals surface area contributed by atoms with Crippen LogP contribution in [0.3, 0.4) is 0 Å². The third-order valence-corrected chi connectivity index (χ3v) is 8.44. The standard InChI is InChI=1S/C19H24N4O5S2/c1-2-28-19(25)23-9-7-22(8-10-23)17(24)13-3-5-14(6-4-13)20-18-21-15-11-30(26,27)12-16(15)29-18/h3-6,15-16H,2,7-12H2,1H3,(H,20,21)/t15-,16-/m0/s1. The van der Waals surface area contributed by atoms with E-state index in [1.807, 2.05) is 12.1 Å². The molecule has 0 aliphatic carbocycles. The molecule has 2 saturated heterocycles. The summed E-state index contributed by atoms with van der Waals surface area (Å²) in [4.78, 5) is 32.3. The first kappa shape index (κ1) is 21.0. The molecular formula is C19H24N4O5S2. The van der Waals surface area contributed by atoms with Gasteiger partial charge in [-0.15, -0.1) is 0 Å². The number of anilines is 1. The Labute approximate surface area is 179 Å². The lowest BCUT2D eigenvalue weighted by Crippen LogP contribution is -2.50. The first-order valence-electron chi connectivity index (χ1n) is 9.87. The SMILES string of the molecule is CCOC(=O)N1CCN(C(=O)c2ccc(NC3=N[C@H]4CS(=O)(=O)C[C@@H]4S3)cc2)CC1. The van der Waals surface area contributed by atoms with E-state index in [-0.39, 0.29) is 34.8 Å². The molecule has 0 unspecified atom stereocenters. The molecule has 0 aromatic heterocycles. The summed E-state index contributed by atoms with van der Waals surface area (Å²) >= 11 is 1.46. The van der Waals surface area contributed by atoms with E-state index in [1.165, 1.54) is 11.8 Å². The molecule has 9 nitrogen and oxygen atoms in total. The topological polar surface area (TPSA) is 108 Å². The van der Waals surface area contributed by atoms with Gasteiger partial charge in [-0.3, -0.25) is 9.79 Å². The minimum Gasteiger partial charge on any atom is -0.450 e. The van der Waals surface area contributed by atoms with Gasteiger partial charge in [-0.25, -0.2) is 13.2 Å². The lowest BCUT2D eigenvalue weighted by molar-refractivity contribution is 0.0570. The number of amides is 2. The van der Waals surface area contributed by atoms with Crippen molar-refractivity contribution in [2.45, 2.75) is 18.2 Å². The van der Waals surface area contributed by atoms with Crippen LogP contribution in [0.4, 0.5) is 10.5 Å². The molecule has 0 bridgehead atoms. The van der Waals surface area contributed by atoms with Gasteiger partial charge in [-0.2, -0.15) is 0 Å². The van der Waals surface area contributed by atoms with Crippen LogP contribution < -0.4 is 5.32 Å². The third kappa shape index (κ3) is 4.56. The summed E-state index contributed by atoms with van der Waals surface area (Å²) in [7, 11) is -2.97. The molecule has 0 radical (unpaired) electrons. The van der Waals surface area contributed by atoms with E-state index in [4.69, 9.17) is 4.74 Å². The number of rotatable bonds is 3. The fourth-order valence-electron chi connectivity index (χ4n) is 3.73. The van der Waals surface area contributed by atoms with Crippen LogP contribution in [0.1, 0.15) is 17.3 Å². The number of hydrogen-bond acceptors (Lipinski definition) is 8. The second-order valence-electron chi connectivity index (χ2n) is 7.42. The predicted molar refractivity (Wildman–Crippen MR) is 116 cm³/mol. The minimum atomic E-state index is -2.97. The Morgan fingerprint density at radius 2 is 1.80 bits per heavy atom. The number of amidine groups is 1. The molecule has 3 heterocycles. The highest BCUT2D eigenvalue weighted by atomic mass is 32.2. The van der Waals surface area contributed by atoms with E-state index >= 15 is 0 Å². The van der Waals surface area contributed by atoms with Crippen LogP contribution in [0.15, 0.2) is 29.3 Å². The number of thioether (sulfide) groups is 1. The van der Waals surface area contributed by atoms with Gasteiger partial charge in [-0.05, 0) is 31.2 Å². The largest absolute Gasteiger partial charge is 0.450 e. The van der Waals surface area contributed by atoms with E-state index < -0.39 is 9.84 Å². The quantitative estimate of drug-likeness (QED) is 0.736. The number of nitrogens with one attached hydrogen (secondary N) is 1. The normalized spacial score (nSPS) is 24.9. The number of fused-ring (bicyclic) bond motifs is 1. The van der Waals surface area contributed by atoms with E-state index in [0.29, 0.717) is 43.5 Å². The maximum Gasteiger partial charge on any atom is 0.409 e. The maximum absolute atomic E-state index is 12.7. The lowest BCUT2D eigenvalue weighted by atomic mass is 10.1. The second kappa shape index (κ2) is 8.46. The minimum absolute atomic E-state index is 0.00775. The number of carbonyl (C=O) groups excluding carboxylic acids is 2. The van der Waals surface area contributed by atoms with Crippen LogP contribution in [0.5, 0.6) is 0 Å². The van der Waals surface area contributed by atoms with Gasteiger partial charge in [0.25, 0.3) is 5.91 Å². The van der Waals surface area contributed by atoms with Crippen molar-refractivity contribution in [1.82, 2.24) is 9.80 Å². The van der Waals surface area contributed by atoms with Crippen molar-refractivity contribution in [3.05, 3.63) is 29.8 Å². The summed E-state index contributed by atoms with van der Waals surface area (Å²) in [6.07, 6.45) is -0.338. The van der Waals surface area contributed by atoms with Crippen molar-refractivity contribution in [3.63, 3.8) is 0 Å². The Morgan fingerprint density at radius 3 is 2.43 bits per heavy atom. The summed E-state index contributed by atoms with van der Waals surface area (Å²) in [5, 5.41) is 3.92. The molecule has 0 spiro atoms. The number of aliphatic imine (C=N–C) groups is 1. The maximum atomic E-state index is 12.7. The summed E-state index contributed by atoms with van der Waals surface area (Å²) in [5.41, 5.74) is 1.38. The van der Waals surface area contributed by atoms with Gasteiger partial charge in [0.05, 0.1) is 24.2 Å². The highest BCUT2D eigenvalue weighted by Crippen LogP contribution is 2.34. The van der Waals surface area contributed by atoms with Crippen LogP contribution >= 0.6 is 11.8 Å². The number of nitrogens with zero attached hydrogens (tertiary/aromatic N) is 3. The monoisotopic (exact) mass is 452 g/mol. The van der Waals surface area contributed by atoms with E-state index in [2.05, 4.69) is 10.3 Å². The molecule has 1 aromatic rings. The molecule has 3 aliphatic rings. The molecule has 1 N–H and O–H groups in total. The zero-order valence-electron chi connectivity index (χ0n) is 16.6. The van der Waals surface area contributed by atoms with Crippen LogP contribution in [0, 0.1) is 0 Å². The molecule has 11 heteroatoms. The van der Waals surface area contributed by atoms with Crippen LogP contribution in [-0.4, -0.2) is 91.0 Å². The van der Waals surface area contributed by atoms with Gasteiger partial charge in [0.1, 0.15) is 0 Å². The first-order valence-corrected chi connectivity index (χ1v) is 12.6. The number of hydrogen-bond donors (Lipinski definition) is 1. The van der Waals surface area contributed by atoms with E-state index in [0.717, 1.165) is 5.69 Å². The smallest absolute Gasteiger partial charge is 0.409 e. The number of ether oxygens (including phenoxy) is 1. The summed E-state index contributed by atoms with van der Waals surface area (Å²) in [6, 6.07) is 6.98. The highest BCUT2D eigenvalue weighted by molar-refractivity contribution is 8.15. The number of carbonyl (C=O) groups is 2. The van der Waals surface area contributed by atoms with E-state index in [1.54, 1.807) is 28.9 Å². The fraction of sp³-hybridized carbons (Fsp3) is 0.526. The number of piperazine rings is 1. The second-order valence-corrected chi connectivity index (χ2v) is 10.8. The zero-order chi connectivity index (χ0) is 21.3. The molecule has 2 atom stereocenters. The van der Waals surface area contributed by atoms with Crippen molar-refractivity contribution in [1.29, 1.82) is 0 Å². The van der Waals surface area contributed by atoms with Crippen LogP contribution in [0.2, 0.25) is 0 Å². The molecule has 4 rings (SSSR count). The van der Waals surface area contributed by atoms with Crippen molar-refractivity contribution in [3.8, 4) is 0 Å². The molecular weight excluding hydrogens is 428 g/mol. The van der Waals surface area contributed by atoms with Gasteiger partial charge in [0, 0.05) is 42.7 Å². The molecule has 0 saturated carbocycles. The Hall–Kier alpha value is -2.27. The Kier molecular flexibility index (Phi) is 5.92. The molecule has 2 fully saturated rings. The average Bonchev–Trinajstić information content (AvgIpc) is 3.21. The van der Waals surface area contributed by atoms with Crippen molar-refractivity contribution >= 4 is 44.5 Å². The van der Waals surface area contributed by atoms with Crippen molar-refractivity contribution < 1.29 is 22.7 Å². The predicted octanol–water partition coefficient (Wildman–Crippen LogP) is 1.28. The summed E-state index contributed by atoms with van der Waals surface area (Å²) < 4.78 is 28.3. The van der Waals surface area contributed by atoms with Crippen LogP contribution in [0.25, 0.3) is 0 Å². The molecule has 30 heavy (non-hydrogen) atoms. The lowest BCUT2D eigenvalue weighted by Gasteiger charge is -2.34. The van der Waals surface area contributed by atoms with Crippen molar-refractivity contribution in [2.24, 2.45) is 4.99 Å². The molecule has 162 valence electrons.